The highest BCUT2D eigenvalue weighted by atomic mass is 16.5. The quantitative estimate of drug-likeness (QED) is 0.285. The van der Waals surface area contributed by atoms with E-state index in [1.165, 1.54) is 38.5 Å². The molecule has 4 heteroatoms. The first kappa shape index (κ1) is 21.7. The SMILES string of the molecule is O=Cc1cccc(OCCCCCCCCCCOc2cccc(C=O)c2)c1. The molecule has 0 saturated heterocycles. The summed E-state index contributed by atoms with van der Waals surface area (Å²) in [7, 11) is 0. The average Bonchev–Trinajstić information content (AvgIpc) is 2.74. The minimum absolute atomic E-state index is 0.650. The van der Waals surface area contributed by atoms with E-state index in [1.807, 2.05) is 24.3 Å². The van der Waals surface area contributed by atoms with Gasteiger partial charge in [-0.2, -0.15) is 0 Å². The zero-order chi connectivity index (χ0) is 19.9. The summed E-state index contributed by atoms with van der Waals surface area (Å²) in [5.74, 6) is 1.54. The molecule has 0 amide bonds. The Balaban J connectivity index is 1.39. The van der Waals surface area contributed by atoms with Crippen LogP contribution in [0, 0.1) is 0 Å². The summed E-state index contributed by atoms with van der Waals surface area (Å²) >= 11 is 0. The highest BCUT2D eigenvalue weighted by Gasteiger charge is 1.98. The van der Waals surface area contributed by atoms with Crippen molar-refractivity contribution >= 4 is 12.6 Å². The first-order valence-corrected chi connectivity index (χ1v) is 10.2. The smallest absolute Gasteiger partial charge is 0.150 e. The van der Waals surface area contributed by atoms with Gasteiger partial charge >= 0.3 is 0 Å². The Hall–Kier alpha value is -2.62. The van der Waals surface area contributed by atoms with E-state index >= 15 is 0 Å². The van der Waals surface area contributed by atoms with Gasteiger partial charge in [0.15, 0.2) is 0 Å². The topological polar surface area (TPSA) is 52.6 Å². The van der Waals surface area contributed by atoms with E-state index in [9.17, 15) is 9.59 Å². The molecule has 0 bridgehead atoms. The van der Waals surface area contributed by atoms with Crippen LogP contribution in [0.3, 0.4) is 0 Å². The molecule has 2 rings (SSSR count). The van der Waals surface area contributed by atoms with Gasteiger partial charge < -0.3 is 9.47 Å². The molecule has 0 aliphatic heterocycles. The minimum Gasteiger partial charge on any atom is -0.494 e. The van der Waals surface area contributed by atoms with Gasteiger partial charge in [-0.3, -0.25) is 9.59 Å². The second-order valence-electron chi connectivity index (χ2n) is 6.91. The van der Waals surface area contributed by atoms with E-state index in [4.69, 9.17) is 9.47 Å². The molecule has 2 aromatic rings. The van der Waals surface area contributed by atoms with Crippen LogP contribution in [0.2, 0.25) is 0 Å². The summed E-state index contributed by atoms with van der Waals surface area (Å²) in [5, 5.41) is 0. The molecule has 28 heavy (non-hydrogen) atoms. The molecule has 0 heterocycles. The number of carbonyl (C=O) groups is 2. The number of carbonyl (C=O) groups excluding carboxylic acids is 2. The zero-order valence-corrected chi connectivity index (χ0v) is 16.5. The highest BCUT2D eigenvalue weighted by Crippen LogP contribution is 2.15. The first-order valence-electron chi connectivity index (χ1n) is 10.2. The third kappa shape index (κ3) is 8.85. The van der Waals surface area contributed by atoms with E-state index in [2.05, 4.69) is 0 Å². The van der Waals surface area contributed by atoms with Crippen molar-refractivity contribution < 1.29 is 19.1 Å². The maximum absolute atomic E-state index is 10.7. The van der Waals surface area contributed by atoms with Crippen LogP contribution in [0.1, 0.15) is 72.1 Å². The summed E-state index contributed by atoms with van der Waals surface area (Å²) in [6.07, 6.45) is 11.1. The van der Waals surface area contributed by atoms with Crippen molar-refractivity contribution in [2.75, 3.05) is 13.2 Å². The monoisotopic (exact) mass is 382 g/mol. The second kappa shape index (κ2) is 13.5. The molecule has 0 atom stereocenters. The van der Waals surface area contributed by atoms with Gasteiger partial charge in [0.1, 0.15) is 24.1 Å². The molecule has 4 nitrogen and oxygen atoms in total. The minimum atomic E-state index is 0.650. The fourth-order valence-corrected chi connectivity index (χ4v) is 3.00. The van der Waals surface area contributed by atoms with Crippen molar-refractivity contribution in [2.24, 2.45) is 0 Å². The Kier molecular flexibility index (Phi) is 10.5. The van der Waals surface area contributed by atoms with Crippen molar-refractivity contribution in [3.8, 4) is 11.5 Å². The van der Waals surface area contributed by atoms with Crippen LogP contribution < -0.4 is 9.47 Å². The third-order valence-electron chi connectivity index (χ3n) is 4.56. The van der Waals surface area contributed by atoms with Crippen molar-refractivity contribution in [3.05, 3.63) is 59.7 Å². The van der Waals surface area contributed by atoms with Crippen LogP contribution >= 0.6 is 0 Å². The Bertz CT molecular complexity index is 650. The number of aldehydes is 2. The van der Waals surface area contributed by atoms with Gasteiger partial charge in [0, 0.05) is 11.1 Å². The lowest BCUT2D eigenvalue weighted by Gasteiger charge is -2.07. The van der Waals surface area contributed by atoms with Crippen molar-refractivity contribution in [1.82, 2.24) is 0 Å². The molecule has 0 aliphatic carbocycles. The fraction of sp³-hybridized carbons (Fsp3) is 0.417. The molecule has 0 aliphatic rings. The summed E-state index contributed by atoms with van der Waals surface area (Å²) < 4.78 is 11.4. The summed E-state index contributed by atoms with van der Waals surface area (Å²) in [4.78, 5) is 21.5. The molecular formula is C24H30O4. The van der Waals surface area contributed by atoms with Crippen molar-refractivity contribution in [1.29, 1.82) is 0 Å². The zero-order valence-electron chi connectivity index (χ0n) is 16.5. The Morgan fingerprint density at radius 1 is 0.571 bits per heavy atom. The first-order chi connectivity index (χ1) is 13.8. The summed E-state index contributed by atoms with van der Waals surface area (Å²) in [5.41, 5.74) is 1.30. The van der Waals surface area contributed by atoms with E-state index in [0.29, 0.717) is 24.3 Å². The lowest BCUT2D eigenvalue weighted by atomic mass is 10.1. The van der Waals surface area contributed by atoms with Gasteiger partial charge in [0.2, 0.25) is 0 Å². The highest BCUT2D eigenvalue weighted by molar-refractivity contribution is 5.75. The molecule has 0 fully saturated rings. The predicted molar refractivity (Wildman–Crippen MR) is 112 cm³/mol. The Morgan fingerprint density at radius 3 is 1.36 bits per heavy atom. The van der Waals surface area contributed by atoms with E-state index in [1.54, 1.807) is 24.3 Å². The largest absolute Gasteiger partial charge is 0.494 e. The van der Waals surface area contributed by atoms with Gasteiger partial charge in [-0.05, 0) is 37.1 Å². The third-order valence-corrected chi connectivity index (χ3v) is 4.56. The van der Waals surface area contributed by atoms with Gasteiger partial charge in [-0.25, -0.2) is 0 Å². The molecule has 0 radical (unpaired) electrons. The molecule has 0 N–H and O–H groups in total. The van der Waals surface area contributed by atoms with Gasteiger partial charge in [-0.15, -0.1) is 0 Å². The van der Waals surface area contributed by atoms with Crippen LogP contribution in [0.4, 0.5) is 0 Å². The van der Waals surface area contributed by atoms with Crippen LogP contribution in [0.15, 0.2) is 48.5 Å². The standard InChI is InChI=1S/C24H30O4/c25-19-21-11-9-13-23(17-21)27-15-7-5-3-1-2-4-6-8-16-28-24-14-10-12-22(18-24)20-26/h9-14,17-20H,1-8,15-16H2. The van der Waals surface area contributed by atoms with Crippen LogP contribution in [-0.4, -0.2) is 25.8 Å². The number of hydrogen-bond donors (Lipinski definition) is 0. The molecule has 150 valence electrons. The summed E-state index contributed by atoms with van der Waals surface area (Å²) in [6.45, 7) is 1.40. The number of hydrogen-bond acceptors (Lipinski definition) is 4. The molecule has 0 saturated carbocycles. The maximum atomic E-state index is 10.7. The molecular weight excluding hydrogens is 352 g/mol. The number of benzene rings is 2. The van der Waals surface area contributed by atoms with E-state index in [-0.39, 0.29) is 0 Å². The maximum Gasteiger partial charge on any atom is 0.150 e. The second-order valence-corrected chi connectivity index (χ2v) is 6.91. The lowest BCUT2D eigenvalue weighted by Crippen LogP contribution is -1.98. The fourth-order valence-electron chi connectivity index (χ4n) is 3.00. The van der Waals surface area contributed by atoms with E-state index in [0.717, 1.165) is 36.9 Å². The van der Waals surface area contributed by atoms with Gasteiger partial charge in [0.05, 0.1) is 13.2 Å². The van der Waals surface area contributed by atoms with Crippen molar-refractivity contribution in [2.45, 2.75) is 51.4 Å². The number of rotatable bonds is 15. The predicted octanol–water partition coefficient (Wildman–Crippen LogP) is 5.89. The Morgan fingerprint density at radius 2 is 0.964 bits per heavy atom. The molecule has 0 spiro atoms. The van der Waals surface area contributed by atoms with Gasteiger partial charge in [-0.1, -0.05) is 62.8 Å². The van der Waals surface area contributed by atoms with Crippen LogP contribution in [-0.2, 0) is 0 Å². The molecule has 2 aromatic carbocycles. The summed E-state index contributed by atoms with van der Waals surface area (Å²) in [6, 6.07) is 14.5. The normalized spacial score (nSPS) is 10.4. The Labute approximate surface area is 167 Å². The molecule has 0 aromatic heterocycles. The average molecular weight is 382 g/mol. The number of unbranched alkanes of at least 4 members (excludes halogenated alkanes) is 7. The lowest BCUT2D eigenvalue weighted by molar-refractivity contribution is 0.111. The number of ether oxygens (including phenoxy) is 2. The van der Waals surface area contributed by atoms with Crippen LogP contribution in [0.25, 0.3) is 0 Å². The van der Waals surface area contributed by atoms with Crippen LogP contribution in [0.5, 0.6) is 11.5 Å². The molecule has 0 unspecified atom stereocenters. The van der Waals surface area contributed by atoms with Crippen molar-refractivity contribution in [3.63, 3.8) is 0 Å². The van der Waals surface area contributed by atoms with E-state index < -0.39 is 0 Å². The van der Waals surface area contributed by atoms with Gasteiger partial charge in [0.25, 0.3) is 0 Å².